The number of hydrogen-bond donors (Lipinski definition) is 0. The van der Waals surface area contributed by atoms with Crippen molar-refractivity contribution in [3.63, 3.8) is 0 Å². The number of anilines is 1. The van der Waals surface area contributed by atoms with Gasteiger partial charge in [-0.1, -0.05) is 45.0 Å². The largest absolute Gasteiger partial charge is 0.335 e. The summed E-state index contributed by atoms with van der Waals surface area (Å²) < 4.78 is 0. The van der Waals surface area contributed by atoms with Crippen molar-refractivity contribution in [1.82, 2.24) is 4.90 Å². The zero-order chi connectivity index (χ0) is 13.2. The maximum Gasteiger partial charge on any atom is 0.129 e. The molecular weight excluding hydrogens is 222 g/mol. The van der Waals surface area contributed by atoms with Crippen molar-refractivity contribution in [2.75, 3.05) is 11.6 Å². The van der Waals surface area contributed by atoms with Crippen LogP contribution in [0.3, 0.4) is 0 Å². The quantitative estimate of drug-likeness (QED) is 0.758. The molecular formula is C15H21N3. The molecule has 0 saturated heterocycles. The lowest BCUT2D eigenvalue weighted by Crippen LogP contribution is -2.48. The highest BCUT2D eigenvalue weighted by Gasteiger charge is 2.37. The van der Waals surface area contributed by atoms with Gasteiger partial charge < -0.3 is 4.90 Å². The lowest BCUT2D eigenvalue weighted by Gasteiger charge is -2.39. The van der Waals surface area contributed by atoms with Crippen molar-refractivity contribution < 1.29 is 0 Å². The molecule has 0 aliphatic carbocycles. The van der Waals surface area contributed by atoms with Crippen molar-refractivity contribution in [1.29, 1.82) is 0 Å². The number of hydrazone groups is 1. The first-order chi connectivity index (χ1) is 8.54. The maximum atomic E-state index is 4.54. The van der Waals surface area contributed by atoms with Gasteiger partial charge in [-0.2, -0.15) is 5.10 Å². The molecule has 3 nitrogen and oxygen atoms in total. The fourth-order valence-corrected chi connectivity index (χ4v) is 2.34. The van der Waals surface area contributed by atoms with Gasteiger partial charge in [0.1, 0.15) is 12.5 Å². The Bertz CT molecular complexity index is 431. The molecule has 1 aliphatic rings. The number of benzene rings is 1. The summed E-state index contributed by atoms with van der Waals surface area (Å²) in [6.07, 6.45) is 4.04. The Morgan fingerprint density at radius 2 is 1.94 bits per heavy atom. The van der Waals surface area contributed by atoms with E-state index in [-0.39, 0.29) is 11.6 Å². The number of para-hydroxylation sites is 1. The highest BCUT2D eigenvalue weighted by molar-refractivity contribution is 5.65. The van der Waals surface area contributed by atoms with Crippen molar-refractivity contribution in [2.45, 2.75) is 26.9 Å². The average molecular weight is 243 g/mol. The third-order valence-electron chi connectivity index (χ3n) is 3.01. The van der Waals surface area contributed by atoms with E-state index in [1.807, 2.05) is 30.6 Å². The monoisotopic (exact) mass is 243 g/mol. The average Bonchev–Trinajstić information content (AvgIpc) is 2.74. The summed E-state index contributed by atoms with van der Waals surface area (Å²) in [6, 6.07) is 10.3. The highest BCUT2D eigenvalue weighted by atomic mass is 15.6. The second-order valence-corrected chi connectivity index (χ2v) is 5.64. The van der Waals surface area contributed by atoms with Gasteiger partial charge in [0.05, 0.1) is 5.69 Å². The molecule has 1 aliphatic heterocycles. The zero-order valence-electron chi connectivity index (χ0n) is 11.4. The lowest BCUT2D eigenvalue weighted by molar-refractivity contribution is 0.193. The SMILES string of the molecule is C=CCN1C=NN(c2ccccc2)C1C(C)(C)C. The second kappa shape index (κ2) is 4.84. The Morgan fingerprint density at radius 1 is 1.28 bits per heavy atom. The van der Waals surface area contributed by atoms with Gasteiger partial charge in [-0.15, -0.1) is 6.58 Å². The molecule has 3 heteroatoms. The van der Waals surface area contributed by atoms with Crippen LogP contribution in [0.15, 0.2) is 48.1 Å². The van der Waals surface area contributed by atoms with Crippen LogP contribution in [-0.2, 0) is 0 Å². The van der Waals surface area contributed by atoms with E-state index in [4.69, 9.17) is 0 Å². The van der Waals surface area contributed by atoms with Crippen molar-refractivity contribution >= 4 is 12.0 Å². The van der Waals surface area contributed by atoms with Gasteiger partial charge in [-0.3, -0.25) is 0 Å². The van der Waals surface area contributed by atoms with Gasteiger partial charge in [-0.25, -0.2) is 5.01 Å². The van der Waals surface area contributed by atoms with E-state index in [0.29, 0.717) is 0 Å². The first-order valence-electron chi connectivity index (χ1n) is 6.29. The van der Waals surface area contributed by atoms with Gasteiger partial charge in [-0.05, 0) is 12.1 Å². The van der Waals surface area contributed by atoms with Gasteiger partial charge in [0, 0.05) is 12.0 Å². The first kappa shape index (κ1) is 12.7. The van der Waals surface area contributed by atoms with Gasteiger partial charge >= 0.3 is 0 Å². The van der Waals surface area contributed by atoms with Crippen LogP contribution in [0.5, 0.6) is 0 Å². The van der Waals surface area contributed by atoms with E-state index in [1.54, 1.807) is 0 Å². The first-order valence-corrected chi connectivity index (χ1v) is 6.29. The van der Waals surface area contributed by atoms with E-state index >= 15 is 0 Å². The van der Waals surface area contributed by atoms with Crippen molar-refractivity contribution in [2.24, 2.45) is 10.5 Å². The predicted octanol–water partition coefficient (Wildman–Crippen LogP) is 3.31. The smallest absolute Gasteiger partial charge is 0.129 e. The van der Waals surface area contributed by atoms with Gasteiger partial charge in [0.25, 0.3) is 0 Å². The van der Waals surface area contributed by atoms with Gasteiger partial charge in [0.15, 0.2) is 0 Å². The molecule has 18 heavy (non-hydrogen) atoms. The summed E-state index contributed by atoms with van der Waals surface area (Å²) in [5.41, 5.74) is 1.23. The van der Waals surface area contributed by atoms with Crippen LogP contribution in [0, 0.1) is 5.41 Å². The fourth-order valence-electron chi connectivity index (χ4n) is 2.34. The molecule has 0 spiro atoms. The lowest BCUT2D eigenvalue weighted by atomic mass is 9.91. The standard InChI is InChI=1S/C15H21N3/c1-5-11-17-12-16-18(14(17)15(2,3)4)13-9-7-6-8-10-13/h5-10,12,14H,1,11H2,2-4H3. The summed E-state index contributed by atoms with van der Waals surface area (Å²) >= 11 is 0. The molecule has 0 radical (unpaired) electrons. The fraction of sp³-hybridized carbons (Fsp3) is 0.400. The molecule has 1 aromatic carbocycles. The molecule has 0 fully saturated rings. The molecule has 1 heterocycles. The Morgan fingerprint density at radius 3 is 2.50 bits per heavy atom. The minimum absolute atomic E-state index is 0.106. The van der Waals surface area contributed by atoms with Gasteiger partial charge in [0.2, 0.25) is 0 Å². The van der Waals surface area contributed by atoms with Crippen LogP contribution in [0.4, 0.5) is 5.69 Å². The Labute approximate surface area is 109 Å². The molecule has 1 aromatic rings. The molecule has 1 unspecified atom stereocenters. The highest BCUT2D eigenvalue weighted by Crippen LogP contribution is 2.33. The van der Waals surface area contributed by atoms with Crippen LogP contribution >= 0.6 is 0 Å². The van der Waals surface area contributed by atoms with Crippen molar-refractivity contribution in [3.8, 4) is 0 Å². The summed E-state index contributed by atoms with van der Waals surface area (Å²) in [4.78, 5) is 2.22. The normalized spacial score (nSPS) is 19.4. The Hall–Kier alpha value is -1.77. The van der Waals surface area contributed by atoms with Crippen LogP contribution < -0.4 is 5.01 Å². The Balaban J connectivity index is 2.31. The second-order valence-electron chi connectivity index (χ2n) is 5.64. The van der Waals surface area contributed by atoms with E-state index in [0.717, 1.165) is 12.2 Å². The topological polar surface area (TPSA) is 18.8 Å². The van der Waals surface area contributed by atoms with E-state index in [2.05, 4.69) is 54.5 Å². The van der Waals surface area contributed by atoms with Crippen LogP contribution in [0.25, 0.3) is 0 Å². The Kier molecular flexibility index (Phi) is 3.41. The van der Waals surface area contributed by atoms with Crippen molar-refractivity contribution in [3.05, 3.63) is 43.0 Å². The molecule has 0 bridgehead atoms. The molecule has 0 saturated carbocycles. The molecule has 96 valence electrons. The predicted molar refractivity (Wildman–Crippen MR) is 77.6 cm³/mol. The minimum atomic E-state index is 0.106. The summed E-state index contributed by atoms with van der Waals surface area (Å²) in [6.45, 7) is 11.3. The summed E-state index contributed by atoms with van der Waals surface area (Å²) in [7, 11) is 0. The van der Waals surface area contributed by atoms with Crippen LogP contribution in [0.1, 0.15) is 20.8 Å². The molecule has 0 amide bonds. The third kappa shape index (κ3) is 2.40. The molecule has 0 N–H and O–H groups in total. The number of hydrogen-bond acceptors (Lipinski definition) is 3. The van der Waals surface area contributed by atoms with E-state index in [9.17, 15) is 0 Å². The maximum absolute atomic E-state index is 4.54. The molecule has 0 aromatic heterocycles. The van der Waals surface area contributed by atoms with Crippen LogP contribution in [-0.4, -0.2) is 23.9 Å². The third-order valence-corrected chi connectivity index (χ3v) is 3.01. The number of rotatable bonds is 3. The van der Waals surface area contributed by atoms with E-state index < -0.39 is 0 Å². The van der Waals surface area contributed by atoms with E-state index in [1.165, 1.54) is 0 Å². The summed E-state index contributed by atoms with van der Waals surface area (Å²) in [5, 5.41) is 6.63. The summed E-state index contributed by atoms with van der Waals surface area (Å²) in [5.74, 6) is 0. The van der Waals surface area contributed by atoms with Crippen LogP contribution in [0.2, 0.25) is 0 Å². The minimum Gasteiger partial charge on any atom is -0.335 e. The molecule has 1 atom stereocenters. The zero-order valence-corrected chi connectivity index (χ0v) is 11.4. The number of nitrogens with zero attached hydrogens (tertiary/aromatic N) is 3. The molecule has 2 rings (SSSR count).